The zero-order chi connectivity index (χ0) is 6.69. The summed E-state index contributed by atoms with van der Waals surface area (Å²) in [6.45, 7) is 4.50. The maximum atomic E-state index is 2.37. The molecule has 0 aromatic carbocycles. The number of hydrogen-bond donors (Lipinski definition) is 0. The van der Waals surface area contributed by atoms with Gasteiger partial charge in [0, 0.05) is 0 Å². The van der Waals surface area contributed by atoms with Crippen molar-refractivity contribution in [3.63, 3.8) is 0 Å². The molecule has 1 aliphatic carbocycles. The average Bonchev–Trinajstić information content (AvgIpc) is 1.93. The first-order valence-corrected chi connectivity index (χ1v) is 3.76. The van der Waals surface area contributed by atoms with E-state index in [0.717, 1.165) is 0 Å². The lowest BCUT2D eigenvalue weighted by atomic mass is 10.0. The Kier molecular flexibility index (Phi) is 2.32. The van der Waals surface area contributed by atoms with Gasteiger partial charge in [0.15, 0.2) is 0 Å². The van der Waals surface area contributed by atoms with Crippen molar-refractivity contribution in [1.29, 1.82) is 0 Å². The monoisotopic (exact) mass is 123 g/mol. The Hall–Kier alpha value is -0.260. The van der Waals surface area contributed by atoms with Crippen LogP contribution in [0.4, 0.5) is 0 Å². The Morgan fingerprint density at radius 3 is 2.89 bits per heavy atom. The molecule has 1 rings (SSSR count). The summed E-state index contributed by atoms with van der Waals surface area (Å²) < 4.78 is 0. The van der Waals surface area contributed by atoms with Crippen LogP contribution >= 0.6 is 0 Å². The van der Waals surface area contributed by atoms with Crippen molar-refractivity contribution in [2.75, 3.05) is 0 Å². The molecule has 0 saturated carbocycles. The van der Waals surface area contributed by atoms with Gasteiger partial charge in [-0.2, -0.15) is 0 Å². The number of rotatable bonds is 0. The zero-order valence-electron chi connectivity index (χ0n) is 6.41. The highest BCUT2D eigenvalue weighted by atomic mass is 14.1. The van der Waals surface area contributed by atoms with Crippen LogP contribution in [0.3, 0.4) is 0 Å². The number of allylic oxidation sites excluding steroid dienone is 2. The van der Waals surface area contributed by atoms with Crippen LogP contribution in [0.25, 0.3) is 0 Å². The molecule has 0 N–H and O–H groups in total. The Morgan fingerprint density at radius 2 is 2.11 bits per heavy atom. The summed E-state index contributed by atoms with van der Waals surface area (Å²) >= 11 is 0. The van der Waals surface area contributed by atoms with Crippen molar-refractivity contribution in [1.82, 2.24) is 0 Å². The molecule has 9 heavy (non-hydrogen) atoms. The molecule has 0 aromatic heterocycles. The topological polar surface area (TPSA) is 0 Å². The second-order valence-corrected chi connectivity index (χ2v) is 3.08. The minimum Gasteiger partial charge on any atom is -0.0856 e. The first-order chi connectivity index (χ1) is 4.29. The van der Waals surface area contributed by atoms with Crippen LogP contribution in [0.15, 0.2) is 11.6 Å². The molecule has 0 unspecified atom stereocenters. The molecule has 0 bridgehead atoms. The lowest BCUT2D eigenvalue weighted by Crippen LogP contribution is -1.88. The van der Waals surface area contributed by atoms with Gasteiger partial charge in [0.2, 0.25) is 0 Å². The Morgan fingerprint density at radius 1 is 1.33 bits per heavy atom. The SMILES string of the molecule is C[C]1CCCC=C(C)C1. The molecule has 0 saturated heterocycles. The van der Waals surface area contributed by atoms with E-state index >= 15 is 0 Å². The van der Waals surface area contributed by atoms with E-state index in [-0.39, 0.29) is 0 Å². The third-order valence-corrected chi connectivity index (χ3v) is 1.88. The standard InChI is InChI=1S/C9H15/c1-8-5-3-4-6-9(2)7-8/h5H,3-4,6-7H2,1-2H3. The van der Waals surface area contributed by atoms with Crippen molar-refractivity contribution < 1.29 is 0 Å². The number of hydrogen-bond acceptors (Lipinski definition) is 0. The van der Waals surface area contributed by atoms with Crippen molar-refractivity contribution >= 4 is 0 Å². The van der Waals surface area contributed by atoms with E-state index in [4.69, 9.17) is 0 Å². The van der Waals surface area contributed by atoms with Gasteiger partial charge in [0.05, 0.1) is 0 Å². The second-order valence-electron chi connectivity index (χ2n) is 3.08. The van der Waals surface area contributed by atoms with Gasteiger partial charge in [-0.05, 0) is 38.5 Å². The van der Waals surface area contributed by atoms with E-state index in [9.17, 15) is 0 Å². The summed E-state index contributed by atoms with van der Waals surface area (Å²) in [4.78, 5) is 0. The molecular weight excluding hydrogens is 108 g/mol. The first-order valence-electron chi connectivity index (χ1n) is 3.76. The summed E-state index contributed by atoms with van der Waals surface area (Å²) in [5.74, 6) is 1.65. The highest BCUT2D eigenvalue weighted by Crippen LogP contribution is 2.23. The largest absolute Gasteiger partial charge is 0.0856 e. The zero-order valence-corrected chi connectivity index (χ0v) is 6.41. The lowest BCUT2D eigenvalue weighted by Gasteiger charge is -2.04. The maximum absolute atomic E-state index is 2.37. The third-order valence-electron chi connectivity index (χ3n) is 1.88. The van der Waals surface area contributed by atoms with E-state index in [1.165, 1.54) is 25.7 Å². The molecule has 0 heteroatoms. The van der Waals surface area contributed by atoms with E-state index in [2.05, 4.69) is 19.9 Å². The molecule has 0 nitrogen and oxygen atoms in total. The van der Waals surface area contributed by atoms with Crippen LogP contribution in [0, 0.1) is 5.92 Å². The van der Waals surface area contributed by atoms with Crippen LogP contribution < -0.4 is 0 Å². The maximum Gasteiger partial charge on any atom is -0.0232 e. The average molecular weight is 123 g/mol. The Balaban J connectivity index is 2.44. The van der Waals surface area contributed by atoms with Gasteiger partial charge in [0.1, 0.15) is 0 Å². The highest BCUT2D eigenvalue weighted by molar-refractivity contribution is 5.08. The quantitative estimate of drug-likeness (QED) is 0.434. The van der Waals surface area contributed by atoms with Gasteiger partial charge in [0.25, 0.3) is 0 Å². The van der Waals surface area contributed by atoms with Gasteiger partial charge < -0.3 is 0 Å². The Bertz CT molecular complexity index is 111. The summed E-state index contributed by atoms with van der Waals surface area (Å²) in [6, 6.07) is 0. The van der Waals surface area contributed by atoms with Crippen molar-refractivity contribution in [2.24, 2.45) is 0 Å². The van der Waals surface area contributed by atoms with Crippen LogP contribution in [-0.2, 0) is 0 Å². The summed E-state index contributed by atoms with van der Waals surface area (Å²) in [5.41, 5.74) is 1.56. The molecule has 0 aliphatic heterocycles. The molecule has 1 aliphatic rings. The van der Waals surface area contributed by atoms with E-state index < -0.39 is 0 Å². The third kappa shape index (κ3) is 2.21. The predicted octanol–water partition coefficient (Wildman–Crippen LogP) is 3.10. The fourth-order valence-electron chi connectivity index (χ4n) is 1.39. The van der Waals surface area contributed by atoms with Crippen LogP contribution in [0.2, 0.25) is 0 Å². The van der Waals surface area contributed by atoms with Crippen molar-refractivity contribution in [3.8, 4) is 0 Å². The fourth-order valence-corrected chi connectivity index (χ4v) is 1.39. The lowest BCUT2D eigenvalue weighted by molar-refractivity contribution is 0.749. The van der Waals surface area contributed by atoms with Crippen LogP contribution in [-0.4, -0.2) is 0 Å². The summed E-state index contributed by atoms with van der Waals surface area (Å²) in [6.07, 6.45) is 7.62. The molecule has 51 valence electrons. The van der Waals surface area contributed by atoms with E-state index in [0.29, 0.717) is 0 Å². The summed E-state index contributed by atoms with van der Waals surface area (Å²) in [7, 11) is 0. The van der Waals surface area contributed by atoms with E-state index in [1.807, 2.05) is 0 Å². The molecule has 0 fully saturated rings. The summed E-state index contributed by atoms with van der Waals surface area (Å²) in [5, 5.41) is 0. The van der Waals surface area contributed by atoms with Crippen LogP contribution in [0.5, 0.6) is 0 Å². The van der Waals surface area contributed by atoms with Gasteiger partial charge in [-0.3, -0.25) is 0 Å². The fraction of sp³-hybridized carbons (Fsp3) is 0.667. The molecule has 0 amide bonds. The normalized spacial score (nSPS) is 23.1. The van der Waals surface area contributed by atoms with Crippen molar-refractivity contribution in [2.45, 2.75) is 39.5 Å². The van der Waals surface area contributed by atoms with Gasteiger partial charge >= 0.3 is 0 Å². The smallest absolute Gasteiger partial charge is 0.0232 e. The molecule has 0 heterocycles. The predicted molar refractivity (Wildman–Crippen MR) is 41.1 cm³/mol. The molecule has 0 spiro atoms. The van der Waals surface area contributed by atoms with Gasteiger partial charge in [-0.15, -0.1) is 0 Å². The highest BCUT2D eigenvalue weighted by Gasteiger charge is 2.05. The first kappa shape index (κ1) is 6.85. The molecular formula is C9H15. The second kappa shape index (κ2) is 3.05. The minimum absolute atomic E-state index is 1.25. The minimum atomic E-state index is 1.25. The van der Waals surface area contributed by atoms with E-state index in [1.54, 1.807) is 11.5 Å². The van der Waals surface area contributed by atoms with Gasteiger partial charge in [-0.1, -0.05) is 18.6 Å². The Labute approximate surface area is 58.0 Å². The molecule has 1 radical (unpaired) electrons. The van der Waals surface area contributed by atoms with Crippen LogP contribution in [0.1, 0.15) is 39.5 Å². The molecule has 0 atom stereocenters. The van der Waals surface area contributed by atoms with Gasteiger partial charge in [-0.25, -0.2) is 0 Å². The van der Waals surface area contributed by atoms with Crippen molar-refractivity contribution in [3.05, 3.63) is 17.6 Å². The molecule has 0 aromatic rings.